The molecule has 5 nitrogen and oxygen atoms in total. The van der Waals surface area contributed by atoms with E-state index in [9.17, 15) is 4.79 Å². The van der Waals surface area contributed by atoms with Crippen LogP contribution < -0.4 is 10.6 Å². The topological polar surface area (TPSA) is 59.0 Å². The summed E-state index contributed by atoms with van der Waals surface area (Å²) in [4.78, 5) is 11.8. The zero-order chi connectivity index (χ0) is 13.1. The number of urea groups is 1. The third-order valence-corrected chi connectivity index (χ3v) is 2.79. The van der Waals surface area contributed by atoms with Gasteiger partial charge < -0.3 is 10.6 Å². The Morgan fingerprint density at radius 2 is 1.83 bits per heavy atom. The molecule has 2 N–H and O–H groups in total. The van der Waals surface area contributed by atoms with Crippen LogP contribution in [-0.4, -0.2) is 15.8 Å². The van der Waals surface area contributed by atoms with Crippen molar-refractivity contribution in [2.75, 3.05) is 10.6 Å². The molecule has 2 aromatic rings. The first-order valence-electron chi connectivity index (χ1n) is 5.69. The number of carbonyl (C=O) groups excluding carboxylic acids is 1. The van der Waals surface area contributed by atoms with Gasteiger partial charge in [0, 0.05) is 12.7 Å². The molecule has 0 spiro atoms. The molecule has 2 amide bonds. The summed E-state index contributed by atoms with van der Waals surface area (Å²) in [6.07, 6.45) is 1.63. The van der Waals surface area contributed by atoms with E-state index in [-0.39, 0.29) is 6.03 Å². The lowest BCUT2D eigenvalue weighted by Gasteiger charge is -2.07. The lowest BCUT2D eigenvalue weighted by molar-refractivity contribution is 0.262. The number of hydrogen-bond acceptors (Lipinski definition) is 2. The van der Waals surface area contributed by atoms with Crippen molar-refractivity contribution in [1.29, 1.82) is 0 Å². The Labute approximate surface area is 106 Å². The Bertz CT molecular complexity index is 557. The Kier molecular flexibility index (Phi) is 3.32. The second-order valence-electron chi connectivity index (χ2n) is 4.21. The van der Waals surface area contributed by atoms with Gasteiger partial charge in [-0.25, -0.2) is 4.79 Å². The minimum Gasteiger partial charge on any atom is -0.308 e. The van der Waals surface area contributed by atoms with Crippen LogP contribution in [0.15, 0.2) is 30.5 Å². The molecule has 0 radical (unpaired) electrons. The summed E-state index contributed by atoms with van der Waals surface area (Å²) in [5.41, 5.74) is 3.54. The molecule has 1 aromatic heterocycles. The fraction of sp³-hybridized carbons (Fsp3) is 0.231. The first-order chi connectivity index (χ1) is 8.56. The van der Waals surface area contributed by atoms with Gasteiger partial charge in [0.05, 0.1) is 17.6 Å². The molecule has 1 aromatic carbocycles. The minimum atomic E-state index is -0.269. The Hall–Kier alpha value is -2.30. The molecular formula is C13H16N4O. The molecule has 0 fully saturated rings. The summed E-state index contributed by atoms with van der Waals surface area (Å²) in [5, 5.41) is 9.59. The van der Waals surface area contributed by atoms with E-state index in [0.717, 1.165) is 16.9 Å². The van der Waals surface area contributed by atoms with E-state index in [4.69, 9.17) is 0 Å². The van der Waals surface area contributed by atoms with E-state index in [1.807, 2.05) is 45.2 Å². The van der Waals surface area contributed by atoms with E-state index in [1.54, 1.807) is 10.9 Å². The number of aromatic nitrogens is 2. The first kappa shape index (κ1) is 12.2. The highest BCUT2D eigenvalue weighted by Gasteiger charge is 2.07. The van der Waals surface area contributed by atoms with Gasteiger partial charge in [0.2, 0.25) is 0 Å². The SMILES string of the molecule is Cc1ccc(NC(=O)Nc2cnn(C)c2C)cc1. The second-order valence-corrected chi connectivity index (χ2v) is 4.21. The van der Waals surface area contributed by atoms with Crippen molar-refractivity contribution in [3.8, 4) is 0 Å². The van der Waals surface area contributed by atoms with Crippen molar-refractivity contribution in [2.45, 2.75) is 13.8 Å². The van der Waals surface area contributed by atoms with Crippen LogP contribution in [0.3, 0.4) is 0 Å². The quantitative estimate of drug-likeness (QED) is 0.853. The largest absolute Gasteiger partial charge is 0.323 e. The lowest BCUT2D eigenvalue weighted by atomic mass is 10.2. The molecule has 0 aliphatic rings. The van der Waals surface area contributed by atoms with Crippen LogP contribution in [0.4, 0.5) is 16.2 Å². The normalized spacial score (nSPS) is 10.2. The number of amides is 2. The standard InChI is InChI=1S/C13H16N4O/c1-9-4-6-11(7-5-9)15-13(18)16-12-8-14-17(3)10(12)2/h4-8H,1-3H3,(H2,15,16,18). The highest BCUT2D eigenvalue weighted by atomic mass is 16.2. The van der Waals surface area contributed by atoms with E-state index in [1.165, 1.54) is 0 Å². The molecule has 0 bridgehead atoms. The van der Waals surface area contributed by atoms with Crippen LogP contribution in [0.5, 0.6) is 0 Å². The number of benzene rings is 1. The van der Waals surface area contributed by atoms with Crippen LogP contribution in [0, 0.1) is 13.8 Å². The summed E-state index contributed by atoms with van der Waals surface area (Å²) in [6.45, 7) is 3.90. The van der Waals surface area contributed by atoms with Gasteiger partial charge in [0.1, 0.15) is 0 Å². The van der Waals surface area contributed by atoms with Gasteiger partial charge in [0.15, 0.2) is 0 Å². The zero-order valence-electron chi connectivity index (χ0n) is 10.7. The van der Waals surface area contributed by atoms with Crippen LogP contribution in [0.25, 0.3) is 0 Å². The zero-order valence-corrected chi connectivity index (χ0v) is 10.7. The Morgan fingerprint density at radius 3 is 2.39 bits per heavy atom. The number of carbonyl (C=O) groups is 1. The van der Waals surface area contributed by atoms with Crippen molar-refractivity contribution in [3.63, 3.8) is 0 Å². The molecular weight excluding hydrogens is 228 g/mol. The molecule has 2 rings (SSSR count). The highest BCUT2D eigenvalue weighted by Crippen LogP contribution is 2.13. The fourth-order valence-corrected chi connectivity index (χ4v) is 1.54. The van der Waals surface area contributed by atoms with Gasteiger partial charge in [-0.15, -0.1) is 0 Å². The molecule has 18 heavy (non-hydrogen) atoms. The van der Waals surface area contributed by atoms with Crippen molar-refractivity contribution in [3.05, 3.63) is 41.7 Å². The molecule has 0 atom stereocenters. The van der Waals surface area contributed by atoms with Gasteiger partial charge in [-0.1, -0.05) is 17.7 Å². The van der Waals surface area contributed by atoms with Crippen molar-refractivity contribution < 1.29 is 4.79 Å². The van der Waals surface area contributed by atoms with Crippen molar-refractivity contribution >= 4 is 17.4 Å². The van der Waals surface area contributed by atoms with Gasteiger partial charge in [-0.05, 0) is 26.0 Å². The number of nitrogens with one attached hydrogen (secondary N) is 2. The molecule has 0 saturated carbocycles. The number of aryl methyl sites for hydroxylation is 2. The van der Waals surface area contributed by atoms with E-state index in [2.05, 4.69) is 15.7 Å². The summed E-state index contributed by atoms with van der Waals surface area (Å²) < 4.78 is 1.71. The molecule has 0 unspecified atom stereocenters. The number of nitrogens with zero attached hydrogens (tertiary/aromatic N) is 2. The molecule has 94 valence electrons. The number of rotatable bonds is 2. The average molecular weight is 244 g/mol. The number of anilines is 2. The molecule has 0 saturated heterocycles. The van der Waals surface area contributed by atoms with E-state index >= 15 is 0 Å². The van der Waals surface area contributed by atoms with Gasteiger partial charge in [-0.3, -0.25) is 4.68 Å². The third-order valence-electron chi connectivity index (χ3n) is 2.79. The predicted octanol–water partition coefficient (Wildman–Crippen LogP) is 2.68. The van der Waals surface area contributed by atoms with Crippen LogP contribution >= 0.6 is 0 Å². The third kappa shape index (κ3) is 2.68. The lowest BCUT2D eigenvalue weighted by Crippen LogP contribution is -2.19. The number of hydrogen-bond donors (Lipinski definition) is 2. The second kappa shape index (κ2) is 4.91. The van der Waals surface area contributed by atoms with Crippen LogP contribution in [0.1, 0.15) is 11.3 Å². The minimum absolute atomic E-state index is 0.269. The Morgan fingerprint density at radius 1 is 1.17 bits per heavy atom. The molecule has 0 aliphatic heterocycles. The van der Waals surface area contributed by atoms with E-state index < -0.39 is 0 Å². The monoisotopic (exact) mass is 244 g/mol. The summed E-state index contributed by atoms with van der Waals surface area (Å²) in [6, 6.07) is 7.36. The van der Waals surface area contributed by atoms with Crippen LogP contribution in [-0.2, 0) is 7.05 Å². The average Bonchev–Trinajstić information content (AvgIpc) is 2.64. The fourth-order valence-electron chi connectivity index (χ4n) is 1.54. The van der Waals surface area contributed by atoms with Crippen molar-refractivity contribution in [1.82, 2.24) is 9.78 Å². The smallest absolute Gasteiger partial charge is 0.308 e. The van der Waals surface area contributed by atoms with Gasteiger partial charge in [-0.2, -0.15) is 5.10 Å². The van der Waals surface area contributed by atoms with Crippen molar-refractivity contribution in [2.24, 2.45) is 7.05 Å². The summed E-state index contributed by atoms with van der Waals surface area (Å²) in [5.74, 6) is 0. The maximum Gasteiger partial charge on any atom is 0.323 e. The van der Waals surface area contributed by atoms with E-state index in [0.29, 0.717) is 5.69 Å². The first-order valence-corrected chi connectivity index (χ1v) is 5.69. The van der Waals surface area contributed by atoms with Gasteiger partial charge >= 0.3 is 6.03 Å². The highest BCUT2D eigenvalue weighted by molar-refractivity contribution is 5.99. The molecule has 1 heterocycles. The predicted molar refractivity (Wildman–Crippen MR) is 71.8 cm³/mol. The maximum atomic E-state index is 11.8. The summed E-state index contributed by atoms with van der Waals surface area (Å²) >= 11 is 0. The van der Waals surface area contributed by atoms with Crippen LogP contribution in [0.2, 0.25) is 0 Å². The summed E-state index contributed by atoms with van der Waals surface area (Å²) in [7, 11) is 1.83. The maximum absolute atomic E-state index is 11.8. The Balaban J connectivity index is 2.01. The van der Waals surface area contributed by atoms with Gasteiger partial charge in [0.25, 0.3) is 0 Å². The molecule has 5 heteroatoms. The molecule has 0 aliphatic carbocycles.